The Hall–Kier alpha value is -3.30. The van der Waals surface area contributed by atoms with E-state index in [0.717, 1.165) is 16.9 Å². The second kappa shape index (κ2) is 6.86. The molecule has 4 aliphatic heterocycles. The van der Waals surface area contributed by atoms with E-state index in [1.54, 1.807) is 19.1 Å². The Balaban J connectivity index is 1.54. The van der Waals surface area contributed by atoms with Gasteiger partial charge in [0.25, 0.3) is 5.69 Å². The highest BCUT2D eigenvalue weighted by atomic mass is 35.5. The van der Waals surface area contributed by atoms with Gasteiger partial charge in [-0.2, -0.15) is 0 Å². The summed E-state index contributed by atoms with van der Waals surface area (Å²) in [7, 11) is 0. The average Bonchev–Trinajstić information content (AvgIpc) is 3.50. The molecule has 34 heavy (non-hydrogen) atoms. The first-order valence-electron chi connectivity index (χ1n) is 11.2. The summed E-state index contributed by atoms with van der Waals surface area (Å²) in [5.41, 5.74) is 1.38. The number of nitro benzene ring substituents is 1. The number of fused-ring (bicyclic) bond motifs is 7. The van der Waals surface area contributed by atoms with Crippen molar-refractivity contribution in [3.05, 3.63) is 62.2 Å². The van der Waals surface area contributed by atoms with Crippen LogP contribution in [0.15, 0.2) is 30.3 Å². The van der Waals surface area contributed by atoms with Crippen molar-refractivity contribution < 1.29 is 19.3 Å². The lowest BCUT2D eigenvalue weighted by molar-refractivity contribution is -0.384. The van der Waals surface area contributed by atoms with Gasteiger partial charge in [0.1, 0.15) is 5.54 Å². The summed E-state index contributed by atoms with van der Waals surface area (Å²) in [4.78, 5) is 55.4. The number of nitrogens with one attached hydrogen (secondary N) is 1. The third kappa shape index (κ3) is 2.35. The fraction of sp³-hybridized carbons (Fsp3) is 0.375. The molecule has 3 amide bonds. The van der Waals surface area contributed by atoms with E-state index in [0.29, 0.717) is 40.5 Å². The summed E-state index contributed by atoms with van der Waals surface area (Å²) >= 11 is 6.32. The summed E-state index contributed by atoms with van der Waals surface area (Å²) < 4.78 is 0. The van der Waals surface area contributed by atoms with Crippen molar-refractivity contribution in [1.82, 2.24) is 4.90 Å². The topological polar surface area (TPSA) is 113 Å². The zero-order chi connectivity index (χ0) is 24.1. The van der Waals surface area contributed by atoms with Gasteiger partial charge in [-0.3, -0.25) is 29.4 Å². The lowest BCUT2D eigenvalue weighted by Gasteiger charge is -2.36. The Labute approximate surface area is 199 Å². The quantitative estimate of drug-likeness (QED) is 0.401. The highest BCUT2D eigenvalue weighted by Crippen LogP contribution is 2.61. The molecule has 3 fully saturated rings. The van der Waals surface area contributed by atoms with Gasteiger partial charge in [-0.05, 0) is 56.5 Å². The maximum Gasteiger partial charge on any atom is 0.269 e. The van der Waals surface area contributed by atoms with Crippen LogP contribution in [0.5, 0.6) is 0 Å². The van der Waals surface area contributed by atoms with Gasteiger partial charge in [-0.15, -0.1) is 0 Å². The molecule has 0 bridgehead atoms. The maximum absolute atomic E-state index is 14.0. The van der Waals surface area contributed by atoms with Gasteiger partial charge in [0.2, 0.25) is 17.7 Å². The lowest BCUT2D eigenvalue weighted by atomic mass is 9.75. The first kappa shape index (κ1) is 21.2. The second-order valence-corrected chi connectivity index (χ2v) is 9.87. The molecular formula is C24H21ClN4O5. The number of imide groups is 1. The van der Waals surface area contributed by atoms with Crippen LogP contribution in [-0.4, -0.2) is 40.1 Å². The molecule has 9 nitrogen and oxygen atoms in total. The minimum absolute atomic E-state index is 0.115. The number of hydrogen-bond donors (Lipinski definition) is 1. The monoisotopic (exact) mass is 480 g/mol. The molecule has 4 heterocycles. The van der Waals surface area contributed by atoms with Crippen LogP contribution in [0, 0.1) is 35.8 Å². The molecule has 174 valence electrons. The van der Waals surface area contributed by atoms with Crippen molar-refractivity contribution in [3.63, 3.8) is 0 Å². The number of nitrogens with zero attached hydrogens (tertiary/aromatic N) is 3. The third-order valence-electron chi connectivity index (χ3n) is 7.99. The molecule has 10 heteroatoms. The average molecular weight is 481 g/mol. The van der Waals surface area contributed by atoms with E-state index in [2.05, 4.69) is 5.32 Å². The Morgan fingerprint density at radius 2 is 1.91 bits per heavy atom. The fourth-order valence-corrected chi connectivity index (χ4v) is 6.79. The van der Waals surface area contributed by atoms with Crippen LogP contribution in [0.1, 0.15) is 29.5 Å². The van der Waals surface area contributed by atoms with Crippen LogP contribution in [-0.2, 0) is 19.9 Å². The first-order valence-corrected chi connectivity index (χ1v) is 11.6. The number of carbonyl (C=O) groups is 3. The second-order valence-electron chi connectivity index (χ2n) is 9.46. The number of non-ortho nitro benzene ring substituents is 1. The van der Waals surface area contributed by atoms with Crippen LogP contribution < -0.4 is 10.2 Å². The van der Waals surface area contributed by atoms with Gasteiger partial charge in [-0.1, -0.05) is 17.7 Å². The number of hydrogen-bond acceptors (Lipinski definition) is 6. The van der Waals surface area contributed by atoms with Crippen LogP contribution in [0.2, 0.25) is 5.02 Å². The Kier molecular flexibility index (Phi) is 4.29. The Bertz CT molecular complexity index is 1340. The predicted molar refractivity (Wildman–Crippen MR) is 124 cm³/mol. The van der Waals surface area contributed by atoms with E-state index in [1.165, 1.54) is 18.2 Å². The molecule has 2 aromatic carbocycles. The number of halogens is 1. The van der Waals surface area contributed by atoms with E-state index in [9.17, 15) is 24.5 Å². The van der Waals surface area contributed by atoms with Gasteiger partial charge < -0.3 is 5.32 Å². The largest absolute Gasteiger partial charge is 0.324 e. The van der Waals surface area contributed by atoms with Gasteiger partial charge in [0.05, 0.1) is 28.1 Å². The SMILES string of the molecule is Cc1cc([N+](=O)[O-])ccc1N1C(=O)[C@H]2[C@@H](C1=O)[C@]1(C(=O)Nc3c1ccc(Cl)c3C)N1CCC[C@@H]21. The lowest BCUT2D eigenvalue weighted by Crippen LogP contribution is -2.54. The smallest absolute Gasteiger partial charge is 0.269 e. The van der Waals surface area contributed by atoms with E-state index in [4.69, 9.17) is 11.6 Å². The number of rotatable bonds is 2. The first-order chi connectivity index (χ1) is 16.2. The molecule has 0 radical (unpaired) electrons. The molecule has 1 spiro atoms. The number of benzene rings is 2. The summed E-state index contributed by atoms with van der Waals surface area (Å²) in [6, 6.07) is 7.36. The molecule has 0 unspecified atom stereocenters. The highest BCUT2D eigenvalue weighted by molar-refractivity contribution is 6.32. The van der Waals surface area contributed by atoms with E-state index < -0.39 is 28.2 Å². The zero-order valence-electron chi connectivity index (χ0n) is 18.5. The van der Waals surface area contributed by atoms with Crippen LogP contribution in [0.4, 0.5) is 17.1 Å². The Morgan fingerprint density at radius 3 is 2.62 bits per heavy atom. The van der Waals surface area contributed by atoms with Crippen LogP contribution in [0.3, 0.4) is 0 Å². The number of carbonyl (C=O) groups excluding carboxylic acids is 3. The molecule has 4 aliphatic rings. The van der Waals surface area contributed by atoms with Crippen molar-refractivity contribution >= 4 is 46.4 Å². The molecule has 4 atom stereocenters. The van der Waals surface area contributed by atoms with Crippen LogP contribution >= 0.6 is 11.6 Å². The minimum Gasteiger partial charge on any atom is -0.324 e. The van der Waals surface area contributed by atoms with E-state index in [-0.39, 0.29) is 23.5 Å². The van der Waals surface area contributed by atoms with E-state index >= 15 is 0 Å². The van der Waals surface area contributed by atoms with Crippen molar-refractivity contribution in [1.29, 1.82) is 0 Å². The summed E-state index contributed by atoms with van der Waals surface area (Å²) in [6.07, 6.45) is 1.53. The van der Waals surface area contributed by atoms with Gasteiger partial charge in [0, 0.05) is 28.8 Å². The predicted octanol–water partition coefficient (Wildman–Crippen LogP) is 3.30. The van der Waals surface area contributed by atoms with Crippen molar-refractivity contribution in [3.8, 4) is 0 Å². The van der Waals surface area contributed by atoms with Crippen molar-refractivity contribution in [2.24, 2.45) is 11.8 Å². The molecular weight excluding hydrogens is 460 g/mol. The third-order valence-corrected chi connectivity index (χ3v) is 8.40. The summed E-state index contributed by atoms with van der Waals surface area (Å²) in [6.45, 7) is 4.07. The number of amides is 3. The fourth-order valence-electron chi connectivity index (χ4n) is 6.63. The van der Waals surface area contributed by atoms with Gasteiger partial charge in [-0.25, -0.2) is 4.90 Å². The zero-order valence-corrected chi connectivity index (χ0v) is 19.3. The minimum atomic E-state index is -1.29. The summed E-state index contributed by atoms with van der Waals surface area (Å²) in [5, 5.41) is 14.7. The Morgan fingerprint density at radius 1 is 1.15 bits per heavy atom. The number of aryl methyl sites for hydroxylation is 1. The molecule has 3 saturated heterocycles. The normalized spacial score (nSPS) is 29.6. The van der Waals surface area contributed by atoms with Crippen molar-refractivity contribution in [2.75, 3.05) is 16.8 Å². The van der Waals surface area contributed by atoms with Gasteiger partial charge in [0.15, 0.2) is 0 Å². The van der Waals surface area contributed by atoms with E-state index in [1.807, 2.05) is 11.8 Å². The number of nitro groups is 1. The molecule has 0 aliphatic carbocycles. The standard InChI is InChI=1S/C24H21ClN4O5/c1-11-10-13(29(33)34)5-8-16(11)28-21(30)18-17-4-3-9-27(17)24(19(18)22(28)31)14-6-7-15(25)12(2)20(14)26-23(24)32/h5-8,10,17-19H,3-4,9H2,1-2H3,(H,26,32)/t17-,18+,19-,24+/m0/s1. The summed E-state index contributed by atoms with van der Waals surface area (Å²) in [5.74, 6) is -2.67. The molecule has 6 rings (SSSR count). The molecule has 0 saturated carbocycles. The molecule has 2 aromatic rings. The number of anilines is 2. The maximum atomic E-state index is 14.0. The molecule has 0 aromatic heterocycles. The van der Waals surface area contributed by atoms with Gasteiger partial charge >= 0.3 is 0 Å². The van der Waals surface area contributed by atoms with Crippen molar-refractivity contribution in [2.45, 2.75) is 38.3 Å². The van der Waals surface area contributed by atoms with Crippen LogP contribution in [0.25, 0.3) is 0 Å². The highest BCUT2D eigenvalue weighted by Gasteiger charge is 2.74. The molecule has 1 N–H and O–H groups in total.